The average molecular weight is 242 g/mol. The van der Waals surface area contributed by atoms with Gasteiger partial charge in [0, 0.05) is 5.41 Å². The zero-order valence-corrected chi connectivity index (χ0v) is 11.0. The van der Waals surface area contributed by atoms with Gasteiger partial charge in [0.1, 0.15) is 0 Å². The van der Waals surface area contributed by atoms with Gasteiger partial charge in [-0.05, 0) is 23.3 Å². The molecule has 0 fully saturated rings. The second-order valence-electron chi connectivity index (χ2n) is 4.88. The maximum Gasteiger partial charge on any atom is 0.160 e. The third-order valence-electron chi connectivity index (χ3n) is 3.40. The monoisotopic (exact) mass is 242 g/mol. The lowest BCUT2D eigenvalue weighted by molar-refractivity contribution is 0.372. The summed E-state index contributed by atoms with van der Waals surface area (Å²) in [6, 6.07) is 15.8. The standard InChI is InChI=1S/C16H18O2/c1-16(2,12-7-5-4-6-8-12)13-9-10-14(17)15(11-13)18-3/h4-11,17H,1-3H3. The fraction of sp³-hybridized carbons (Fsp3) is 0.250. The van der Waals surface area contributed by atoms with Crippen LogP contribution in [0.25, 0.3) is 0 Å². The van der Waals surface area contributed by atoms with E-state index >= 15 is 0 Å². The van der Waals surface area contributed by atoms with E-state index in [9.17, 15) is 5.11 Å². The minimum atomic E-state index is -0.123. The van der Waals surface area contributed by atoms with Crippen LogP contribution in [-0.4, -0.2) is 12.2 Å². The van der Waals surface area contributed by atoms with Gasteiger partial charge in [-0.3, -0.25) is 0 Å². The number of hydrogen-bond donors (Lipinski definition) is 1. The van der Waals surface area contributed by atoms with Crippen LogP contribution >= 0.6 is 0 Å². The molecule has 0 aliphatic carbocycles. The van der Waals surface area contributed by atoms with Crippen LogP contribution in [0.2, 0.25) is 0 Å². The van der Waals surface area contributed by atoms with Crippen molar-refractivity contribution >= 4 is 0 Å². The van der Waals surface area contributed by atoms with Crippen molar-refractivity contribution in [3.8, 4) is 11.5 Å². The molecule has 94 valence electrons. The van der Waals surface area contributed by atoms with E-state index in [0.29, 0.717) is 5.75 Å². The molecular formula is C16H18O2. The lowest BCUT2D eigenvalue weighted by Gasteiger charge is -2.26. The van der Waals surface area contributed by atoms with Crippen molar-refractivity contribution in [1.29, 1.82) is 0 Å². The molecule has 0 radical (unpaired) electrons. The van der Waals surface area contributed by atoms with Gasteiger partial charge in [0.25, 0.3) is 0 Å². The molecule has 1 N–H and O–H groups in total. The van der Waals surface area contributed by atoms with Gasteiger partial charge in [-0.15, -0.1) is 0 Å². The summed E-state index contributed by atoms with van der Waals surface area (Å²) in [6.07, 6.45) is 0. The second kappa shape index (κ2) is 4.73. The molecule has 0 saturated carbocycles. The zero-order chi connectivity index (χ0) is 13.2. The van der Waals surface area contributed by atoms with E-state index in [2.05, 4.69) is 26.0 Å². The molecule has 18 heavy (non-hydrogen) atoms. The summed E-state index contributed by atoms with van der Waals surface area (Å²) in [6.45, 7) is 4.32. The molecule has 0 aliphatic rings. The Morgan fingerprint density at radius 3 is 2.22 bits per heavy atom. The van der Waals surface area contributed by atoms with Crippen molar-refractivity contribution in [3.05, 3.63) is 59.7 Å². The summed E-state index contributed by atoms with van der Waals surface area (Å²) in [7, 11) is 1.56. The van der Waals surface area contributed by atoms with Gasteiger partial charge in [-0.1, -0.05) is 50.2 Å². The lowest BCUT2D eigenvalue weighted by atomic mass is 9.78. The SMILES string of the molecule is COc1cc(C(C)(C)c2ccccc2)ccc1O. The summed E-state index contributed by atoms with van der Waals surface area (Å²) in [5.74, 6) is 0.682. The molecule has 2 heteroatoms. The van der Waals surface area contributed by atoms with Crippen molar-refractivity contribution in [2.45, 2.75) is 19.3 Å². The Hall–Kier alpha value is -1.96. The van der Waals surface area contributed by atoms with E-state index in [-0.39, 0.29) is 11.2 Å². The molecule has 0 heterocycles. The molecule has 2 nitrogen and oxygen atoms in total. The first kappa shape index (κ1) is 12.5. The third-order valence-corrected chi connectivity index (χ3v) is 3.40. The molecule has 0 bridgehead atoms. The van der Waals surface area contributed by atoms with Crippen LogP contribution in [-0.2, 0) is 5.41 Å². The number of rotatable bonds is 3. The molecule has 0 spiro atoms. The maximum absolute atomic E-state index is 9.65. The van der Waals surface area contributed by atoms with Crippen molar-refractivity contribution < 1.29 is 9.84 Å². The third kappa shape index (κ3) is 2.19. The molecule has 0 aromatic heterocycles. The molecule has 0 amide bonds. The highest BCUT2D eigenvalue weighted by molar-refractivity contribution is 5.47. The number of phenols is 1. The summed E-state index contributed by atoms with van der Waals surface area (Å²) in [4.78, 5) is 0. The van der Waals surface area contributed by atoms with Crippen LogP contribution in [0, 0.1) is 0 Å². The Balaban J connectivity index is 2.47. The average Bonchev–Trinajstić information content (AvgIpc) is 2.40. The van der Waals surface area contributed by atoms with Gasteiger partial charge < -0.3 is 9.84 Å². The van der Waals surface area contributed by atoms with Crippen LogP contribution in [0.1, 0.15) is 25.0 Å². The molecule has 0 saturated heterocycles. The normalized spacial score (nSPS) is 11.3. The minimum Gasteiger partial charge on any atom is -0.504 e. The van der Waals surface area contributed by atoms with Crippen molar-refractivity contribution in [1.82, 2.24) is 0 Å². The number of benzene rings is 2. The largest absolute Gasteiger partial charge is 0.504 e. The second-order valence-corrected chi connectivity index (χ2v) is 4.88. The Morgan fingerprint density at radius 2 is 1.61 bits per heavy atom. The van der Waals surface area contributed by atoms with Crippen LogP contribution in [0.4, 0.5) is 0 Å². The van der Waals surface area contributed by atoms with E-state index in [1.165, 1.54) is 5.56 Å². The predicted molar refractivity (Wildman–Crippen MR) is 73.2 cm³/mol. The van der Waals surface area contributed by atoms with Gasteiger partial charge in [-0.25, -0.2) is 0 Å². The molecule has 0 aliphatic heterocycles. The van der Waals surface area contributed by atoms with Gasteiger partial charge in [0.15, 0.2) is 11.5 Å². The first-order valence-corrected chi connectivity index (χ1v) is 5.98. The summed E-state index contributed by atoms with van der Waals surface area (Å²) in [5, 5.41) is 9.65. The molecule has 0 atom stereocenters. The summed E-state index contributed by atoms with van der Waals surface area (Å²) in [5.41, 5.74) is 2.23. The number of ether oxygens (including phenoxy) is 1. The highest BCUT2D eigenvalue weighted by Crippen LogP contribution is 2.36. The number of methoxy groups -OCH3 is 1. The minimum absolute atomic E-state index is 0.123. The van der Waals surface area contributed by atoms with Gasteiger partial charge in [0.2, 0.25) is 0 Å². The van der Waals surface area contributed by atoms with E-state index in [4.69, 9.17) is 4.74 Å². The van der Waals surface area contributed by atoms with E-state index < -0.39 is 0 Å². The summed E-state index contributed by atoms with van der Waals surface area (Å²) >= 11 is 0. The van der Waals surface area contributed by atoms with Gasteiger partial charge >= 0.3 is 0 Å². The zero-order valence-electron chi connectivity index (χ0n) is 11.0. The fourth-order valence-corrected chi connectivity index (χ4v) is 2.09. The predicted octanol–water partition coefficient (Wildman–Crippen LogP) is 3.73. The first-order chi connectivity index (χ1) is 8.55. The van der Waals surface area contributed by atoms with Crippen LogP contribution in [0.3, 0.4) is 0 Å². The van der Waals surface area contributed by atoms with E-state index in [1.54, 1.807) is 13.2 Å². The Morgan fingerprint density at radius 1 is 0.944 bits per heavy atom. The maximum atomic E-state index is 9.65. The van der Waals surface area contributed by atoms with Crippen molar-refractivity contribution in [3.63, 3.8) is 0 Å². The molecule has 2 aromatic carbocycles. The van der Waals surface area contributed by atoms with Crippen LogP contribution < -0.4 is 4.74 Å². The quantitative estimate of drug-likeness (QED) is 0.888. The fourth-order valence-electron chi connectivity index (χ4n) is 2.09. The first-order valence-electron chi connectivity index (χ1n) is 5.98. The Labute approximate surface area is 108 Å². The Kier molecular flexibility index (Phi) is 3.28. The molecule has 2 rings (SSSR count). The van der Waals surface area contributed by atoms with Gasteiger partial charge in [0.05, 0.1) is 7.11 Å². The van der Waals surface area contributed by atoms with Crippen LogP contribution in [0.5, 0.6) is 11.5 Å². The van der Waals surface area contributed by atoms with Crippen molar-refractivity contribution in [2.75, 3.05) is 7.11 Å². The highest BCUT2D eigenvalue weighted by Gasteiger charge is 2.23. The smallest absolute Gasteiger partial charge is 0.160 e. The number of hydrogen-bond acceptors (Lipinski definition) is 2. The highest BCUT2D eigenvalue weighted by atomic mass is 16.5. The van der Waals surface area contributed by atoms with Crippen LogP contribution in [0.15, 0.2) is 48.5 Å². The van der Waals surface area contributed by atoms with E-state index in [1.807, 2.05) is 30.3 Å². The Bertz CT molecular complexity index is 530. The summed E-state index contributed by atoms with van der Waals surface area (Å²) < 4.78 is 5.17. The molecule has 2 aromatic rings. The van der Waals surface area contributed by atoms with Gasteiger partial charge in [-0.2, -0.15) is 0 Å². The molecular weight excluding hydrogens is 224 g/mol. The van der Waals surface area contributed by atoms with Crippen molar-refractivity contribution in [2.24, 2.45) is 0 Å². The lowest BCUT2D eigenvalue weighted by Crippen LogP contribution is -2.18. The number of aromatic hydroxyl groups is 1. The number of phenolic OH excluding ortho intramolecular Hbond substituents is 1. The topological polar surface area (TPSA) is 29.5 Å². The van der Waals surface area contributed by atoms with E-state index in [0.717, 1.165) is 5.56 Å². The molecule has 0 unspecified atom stereocenters.